The second-order valence-corrected chi connectivity index (χ2v) is 4.49. The lowest BCUT2D eigenvalue weighted by Crippen LogP contribution is -2.35. The molecule has 7 heteroatoms. The van der Waals surface area contributed by atoms with Gasteiger partial charge in [0.05, 0.1) is 6.61 Å². The van der Waals surface area contributed by atoms with Crippen LogP contribution < -0.4 is 11.1 Å². The number of ether oxygens (including phenoxy) is 1. The predicted octanol–water partition coefficient (Wildman–Crippen LogP) is 1.58. The molecule has 0 aromatic rings. The van der Waals surface area contributed by atoms with Crippen molar-refractivity contribution in [3.05, 3.63) is 0 Å². The van der Waals surface area contributed by atoms with Crippen molar-refractivity contribution >= 4 is 11.8 Å². The van der Waals surface area contributed by atoms with Gasteiger partial charge in [-0.1, -0.05) is 0 Å². The zero-order chi connectivity index (χ0) is 12.4. The second kappa shape index (κ2) is 9.09. The third-order valence-corrected chi connectivity index (χ3v) is 2.66. The van der Waals surface area contributed by atoms with E-state index in [2.05, 4.69) is 5.32 Å². The van der Waals surface area contributed by atoms with Gasteiger partial charge in [0.1, 0.15) is 0 Å². The maximum absolute atomic E-state index is 11.8. The van der Waals surface area contributed by atoms with Crippen LogP contribution in [0.1, 0.15) is 12.8 Å². The Balaban J connectivity index is 3.59. The summed E-state index contributed by atoms with van der Waals surface area (Å²) in [6, 6.07) is 0.0855. The summed E-state index contributed by atoms with van der Waals surface area (Å²) in [7, 11) is 1.57. The van der Waals surface area contributed by atoms with E-state index >= 15 is 0 Å². The van der Waals surface area contributed by atoms with Gasteiger partial charge in [-0.2, -0.15) is 13.2 Å². The van der Waals surface area contributed by atoms with Crippen LogP contribution in [0.25, 0.3) is 0 Å². The number of nitrogens with two attached hydrogens (primary N) is 1. The molecule has 1 atom stereocenters. The molecule has 0 radical (unpaired) electrons. The van der Waals surface area contributed by atoms with Crippen molar-refractivity contribution in [1.82, 2.24) is 5.32 Å². The van der Waals surface area contributed by atoms with E-state index in [1.807, 2.05) is 0 Å². The Labute approximate surface area is 98.3 Å². The van der Waals surface area contributed by atoms with Crippen LogP contribution in [0, 0.1) is 0 Å². The number of hydrogen-bond donors (Lipinski definition) is 2. The molecule has 0 saturated heterocycles. The third kappa shape index (κ3) is 10.5. The van der Waals surface area contributed by atoms with Crippen LogP contribution in [0.15, 0.2) is 0 Å². The minimum absolute atomic E-state index is 0.0105. The number of nitrogens with one attached hydrogen (secondary N) is 1. The maximum atomic E-state index is 11.8. The molecule has 0 amide bonds. The molecule has 0 aliphatic rings. The zero-order valence-corrected chi connectivity index (χ0v) is 10.2. The predicted molar refractivity (Wildman–Crippen MR) is 60.5 cm³/mol. The number of methoxy groups -OCH3 is 1. The van der Waals surface area contributed by atoms with Crippen molar-refractivity contribution in [2.75, 3.05) is 32.6 Å². The lowest BCUT2D eigenvalue weighted by Gasteiger charge is -2.17. The SMILES string of the molecule is COCC(CCCN)NCCSC(F)(F)F. The van der Waals surface area contributed by atoms with Crippen LogP contribution >= 0.6 is 11.8 Å². The van der Waals surface area contributed by atoms with E-state index in [4.69, 9.17) is 10.5 Å². The van der Waals surface area contributed by atoms with Crippen LogP contribution in [0.2, 0.25) is 0 Å². The molecule has 3 nitrogen and oxygen atoms in total. The first kappa shape index (κ1) is 16.0. The summed E-state index contributed by atoms with van der Waals surface area (Å²) in [5, 5.41) is 3.03. The van der Waals surface area contributed by atoms with Crippen LogP contribution in [-0.4, -0.2) is 44.1 Å². The highest BCUT2D eigenvalue weighted by Crippen LogP contribution is 2.29. The van der Waals surface area contributed by atoms with Gasteiger partial charge in [0.15, 0.2) is 0 Å². The second-order valence-electron chi connectivity index (χ2n) is 3.33. The molecular formula is C9H19F3N2OS. The van der Waals surface area contributed by atoms with Crippen molar-refractivity contribution in [3.63, 3.8) is 0 Å². The number of alkyl halides is 3. The molecule has 0 saturated carbocycles. The number of hydrogen-bond acceptors (Lipinski definition) is 4. The van der Waals surface area contributed by atoms with Crippen molar-refractivity contribution < 1.29 is 17.9 Å². The fraction of sp³-hybridized carbons (Fsp3) is 1.00. The normalized spacial score (nSPS) is 14.1. The lowest BCUT2D eigenvalue weighted by atomic mass is 10.1. The summed E-state index contributed by atoms with van der Waals surface area (Å²) in [5.74, 6) is 0.0202. The molecule has 16 heavy (non-hydrogen) atoms. The summed E-state index contributed by atoms with van der Waals surface area (Å²) in [4.78, 5) is 0. The van der Waals surface area contributed by atoms with E-state index < -0.39 is 5.51 Å². The molecule has 0 aromatic carbocycles. The van der Waals surface area contributed by atoms with Gasteiger partial charge < -0.3 is 15.8 Å². The fourth-order valence-corrected chi connectivity index (χ4v) is 1.69. The molecule has 0 spiro atoms. The molecule has 0 aromatic heterocycles. The molecule has 0 bridgehead atoms. The minimum atomic E-state index is -4.14. The Hall–Kier alpha value is 0.0200. The molecular weight excluding hydrogens is 241 g/mol. The minimum Gasteiger partial charge on any atom is -0.383 e. The summed E-state index contributed by atoms with van der Waals surface area (Å²) >= 11 is -0.0105. The standard InChI is InChI=1S/C9H19F3N2OS/c1-15-7-8(3-2-4-13)14-5-6-16-9(10,11)12/h8,14H,2-7,13H2,1H3. The van der Waals surface area contributed by atoms with Gasteiger partial charge in [-0.25, -0.2) is 0 Å². The molecule has 0 aliphatic heterocycles. The summed E-state index contributed by atoms with van der Waals surface area (Å²) in [6.07, 6.45) is 1.66. The van der Waals surface area contributed by atoms with Crippen LogP contribution in [0.5, 0.6) is 0 Å². The largest absolute Gasteiger partial charge is 0.441 e. The Morgan fingerprint density at radius 3 is 2.62 bits per heavy atom. The van der Waals surface area contributed by atoms with Crippen LogP contribution in [-0.2, 0) is 4.74 Å². The first-order chi connectivity index (χ1) is 7.49. The van der Waals surface area contributed by atoms with Gasteiger partial charge in [0.2, 0.25) is 0 Å². The molecule has 0 aliphatic carbocycles. The van der Waals surface area contributed by atoms with E-state index in [0.717, 1.165) is 12.8 Å². The third-order valence-electron chi connectivity index (χ3n) is 1.93. The van der Waals surface area contributed by atoms with Gasteiger partial charge in [-0.3, -0.25) is 0 Å². The molecule has 1 unspecified atom stereocenters. The fourth-order valence-electron chi connectivity index (χ4n) is 1.24. The van der Waals surface area contributed by atoms with Crippen molar-refractivity contribution in [1.29, 1.82) is 0 Å². The smallest absolute Gasteiger partial charge is 0.383 e. The number of rotatable bonds is 9. The Kier molecular flexibility index (Phi) is 9.10. The van der Waals surface area contributed by atoms with Gasteiger partial charge in [-0.15, -0.1) is 0 Å². The van der Waals surface area contributed by atoms with E-state index in [1.165, 1.54) is 0 Å². The zero-order valence-electron chi connectivity index (χ0n) is 9.35. The first-order valence-electron chi connectivity index (χ1n) is 5.12. The molecule has 0 heterocycles. The number of thioether (sulfide) groups is 1. The summed E-state index contributed by atoms with van der Waals surface area (Å²) < 4.78 is 40.4. The molecule has 3 N–H and O–H groups in total. The average molecular weight is 260 g/mol. The maximum Gasteiger partial charge on any atom is 0.441 e. The quantitative estimate of drug-likeness (QED) is 0.618. The van der Waals surface area contributed by atoms with Crippen molar-refractivity contribution in [2.24, 2.45) is 5.73 Å². The summed E-state index contributed by atoms with van der Waals surface area (Å²) in [5.41, 5.74) is 1.22. The average Bonchev–Trinajstić information content (AvgIpc) is 2.19. The summed E-state index contributed by atoms with van der Waals surface area (Å²) in [6.45, 7) is 1.40. The first-order valence-corrected chi connectivity index (χ1v) is 6.11. The highest BCUT2D eigenvalue weighted by Gasteiger charge is 2.27. The van der Waals surface area contributed by atoms with Crippen LogP contribution in [0.3, 0.4) is 0 Å². The topological polar surface area (TPSA) is 47.3 Å². The van der Waals surface area contributed by atoms with Crippen molar-refractivity contribution in [3.8, 4) is 0 Å². The van der Waals surface area contributed by atoms with Gasteiger partial charge in [0.25, 0.3) is 0 Å². The Morgan fingerprint density at radius 2 is 2.12 bits per heavy atom. The monoisotopic (exact) mass is 260 g/mol. The highest BCUT2D eigenvalue weighted by atomic mass is 32.2. The van der Waals surface area contributed by atoms with Crippen molar-refractivity contribution in [2.45, 2.75) is 24.4 Å². The van der Waals surface area contributed by atoms with Gasteiger partial charge in [-0.05, 0) is 31.1 Å². The van der Waals surface area contributed by atoms with E-state index in [0.29, 0.717) is 19.7 Å². The number of halogens is 3. The highest BCUT2D eigenvalue weighted by molar-refractivity contribution is 8.00. The molecule has 0 fully saturated rings. The molecule has 98 valence electrons. The van der Waals surface area contributed by atoms with Gasteiger partial charge >= 0.3 is 5.51 Å². The van der Waals surface area contributed by atoms with E-state index in [1.54, 1.807) is 7.11 Å². The van der Waals surface area contributed by atoms with Gasteiger partial charge in [0, 0.05) is 25.4 Å². The van der Waals surface area contributed by atoms with Crippen LogP contribution in [0.4, 0.5) is 13.2 Å². The Morgan fingerprint density at radius 1 is 1.44 bits per heavy atom. The Bertz CT molecular complexity index is 169. The van der Waals surface area contributed by atoms with E-state index in [9.17, 15) is 13.2 Å². The molecule has 0 rings (SSSR count). The lowest BCUT2D eigenvalue weighted by molar-refractivity contribution is -0.0327. The van der Waals surface area contributed by atoms with E-state index in [-0.39, 0.29) is 23.6 Å².